The van der Waals surface area contributed by atoms with E-state index in [-0.39, 0.29) is 41.6 Å². The topological polar surface area (TPSA) is 48.9 Å². The van der Waals surface area contributed by atoms with Crippen LogP contribution in [0.15, 0.2) is 59.6 Å². The minimum Gasteiger partial charge on any atom is -0.494 e. The van der Waals surface area contributed by atoms with Gasteiger partial charge in [-0.15, -0.1) is 24.0 Å². The maximum Gasteiger partial charge on any atom is 0.192 e. The molecule has 0 saturated carbocycles. The Kier molecular flexibility index (Phi) is 9.42. The number of ether oxygens (including phenoxy) is 1. The summed E-state index contributed by atoms with van der Waals surface area (Å²) in [4.78, 5) is 7.03. The minimum absolute atomic E-state index is 0. The van der Waals surface area contributed by atoms with Crippen LogP contribution in [0.5, 0.6) is 5.75 Å². The number of guanidine groups is 1. The second-order valence-electron chi connectivity index (χ2n) is 7.00. The Hall–Kier alpha value is -2.29. The normalized spacial score (nSPS) is 14.3. The van der Waals surface area contributed by atoms with Crippen LogP contribution in [0.4, 0.5) is 10.1 Å². The Labute approximate surface area is 195 Å². The first-order chi connectivity index (χ1) is 14.1. The molecule has 1 heterocycles. The van der Waals surface area contributed by atoms with Crippen LogP contribution < -0.4 is 20.3 Å². The maximum absolute atomic E-state index is 14.0. The highest BCUT2D eigenvalue weighted by molar-refractivity contribution is 14.0. The molecule has 1 aliphatic heterocycles. The number of benzene rings is 2. The molecule has 1 aliphatic rings. The second kappa shape index (κ2) is 11.8. The van der Waals surface area contributed by atoms with Crippen molar-refractivity contribution < 1.29 is 9.13 Å². The molecule has 0 bridgehead atoms. The molecule has 1 atom stereocenters. The second-order valence-corrected chi connectivity index (χ2v) is 7.00. The lowest BCUT2D eigenvalue weighted by Crippen LogP contribution is -2.38. The van der Waals surface area contributed by atoms with Gasteiger partial charge >= 0.3 is 0 Å². The van der Waals surface area contributed by atoms with Crippen LogP contribution in [-0.2, 0) is 6.54 Å². The number of halogens is 2. The molecule has 1 unspecified atom stereocenters. The first-order valence-corrected chi connectivity index (χ1v) is 9.98. The molecule has 0 aliphatic carbocycles. The fraction of sp³-hybridized carbons (Fsp3) is 0.348. The summed E-state index contributed by atoms with van der Waals surface area (Å²) in [6.45, 7) is 7.22. The van der Waals surface area contributed by atoms with Crippen LogP contribution in [0.1, 0.15) is 31.0 Å². The molecule has 0 radical (unpaired) electrons. The van der Waals surface area contributed by atoms with Crippen molar-refractivity contribution in [2.45, 2.75) is 26.4 Å². The number of hydrogen-bond acceptors (Lipinski definition) is 3. The lowest BCUT2D eigenvalue weighted by Gasteiger charge is -2.19. The Morgan fingerprint density at radius 1 is 1.20 bits per heavy atom. The van der Waals surface area contributed by atoms with Gasteiger partial charge in [-0.05, 0) is 49.2 Å². The first-order valence-electron chi connectivity index (χ1n) is 9.98. The third kappa shape index (κ3) is 6.35. The van der Waals surface area contributed by atoms with Crippen molar-refractivity contribution in [1.82, 2.24) is 10.6 Å². The number of nitrogens with zero attached hydrogens (tertiary/aromatic N) is 2. The molecule has 2 aromatic carbocycles. The molecule has 30 heavy (non-hydrogen) atoms. The highest BCUT2D eigenvalue weighted by Gasteiger charge is 2.12. The molecule has 162 valence electrons. The van der Waals surface area contributed by atoms with Gasteiger partial charge in [0.2, 0.25) is 0 Å². The van der Waals surface area contributed by atoms with Crippen molar-refractivity contribution in [2.24, 2.45) is 4.99 Å². The van der Waals surface area contributed by atoms with Gasteiger partial charge in [0.05, 0.1) is 19.7 Å². The van der Waals surface area contributed by atoms with Gasteiger partial charge in [-0.2, -0.15) is 0 Å². The van der Waals surface area contributed by atoms with Crippen molar-refractivity contribution in [3.8, 4) is 5.75 Å². The van der Waals surface area contributed by atoms with Gasteiger partial charge in [-0.3, -0.25) is 0 Å². The Morgan fingerprint density at radius 3 is 2.63 bits per heavy atom. The molecule has 0 aromatic heterocycles. The molecule has 7 heteroatoms. The summed E-state index contributed by atoms with van der Waals surface area (Å²) in [7, 11) is 1.46. The lowest BCUT2D eigenvalue weighted by atomic mass is 10.1. The molecule has 2 aromatic rings. The lowest BCUT2D eigenvalue weighted by molar-refractivity contribution is 0.386. The summed E-state index contributed by atoms with van der Waals surface area (Å²) in [5.74, 6) is 0.577. The molecule has 2 N–H and O–H groups in total. The summed E-state index contributed by atoms with van der Waals surface area (Å²) in [5.41, 5.74) is 3.19. The van der Waals surface area contributed by atoms with Gasteiger partial charge in [0.1, 0.15) is 0 Å². The van der Waals surface area contributed by atoms with E-state index in [2.05, 4.69) is 52.0 Å². The average molecular weight is 524 g/mol. The smallest absolute Gasteiger partial charge is 0.192 e. The van der Waals surface area contributed by atoms with Crippen molar-refractivity contribution in [2.75, 3.05) is 31.6 Å². The fourth-order valence-electron chi connectivity index (χ4n) is 3.27. The summed E-state index contributed by atoms with van der Waals surface area (Å²) < 4.78 is 19.0. The molecule has 0 spiro atoms. The van der Waals surface area contributed by atoms with Crippen LogP contribution >= 0.6 is 24.0 Å². The zero-order chi connectivity index (χ0) is 20.6. The molecule has 5 nitrogen and oxygen atoms in total. The SMILES string of the molecule is CCNC(=NCc1cccc(N2CC=CC2)c1)NC(C)c1ccc(OC)c(F)c1.I. The average Bonchev–Trinajstić information content (AvgIpc) is 3.27. The maximum atomic E-state index is 14.0. The molecule has 0 saturated heterocycles. The van der Waals surface area contributed by atoms with E-state index in [4.69, 9.17) is 9.73 Å². The summed E-state index contributed by atoms with van der Waals surface area (Å²) >= 11 is 0. The van der Waals surface area contributed by atoms with Crippen LogP contribution in [0.2, 0.25) is 0 Å². The van der Waals surface area contributed by atoms with Crippen LogP contribution in [0.25, 0.3) is 0 Å². The predicted octanol–water partition coefficient (Wildman–Crippen LogP) is 4.64. The van der Waals surface area contributed by atoms with Crippen molar-refractivity contribution in [1.29, 1.82) is 0 Å². The zero-order valence-corrected chi connectivity index (χ0v) is 20.0. The third-order valence-corrected chi connectivity index (χ3v) is 4.89. The predicted molar refractivity (Wildman–Crippen MR) is 133 cm³/mol. The van der Waals surface area contributed by atoms with E-state index < -0.39 is 0 Å². The monoisotopic (exact) mass is 524 g/mol. The number of methoxy groups -OCH3 is 1. The Bertz CT molecular complexity index is 879. The van der Waals surface area contributed by atoms with Gasteiger partial charge in [-0.1, -0.05) is 30.4 Å². The number of hydrogen-bond donors (Lipinski definition) is 2. The van der Waals surface area contributed by atoms with E-state index in [0.717, 1.165) is 30.8 Å². The van der Waals surface area contributed by atoms with Gasteiger partial charge in [0.15, 0.2) is 17.5 Å². The summed E-state index contributed by atoms with van der Waals surface area (Å²) in [6.07, 6.45) is 4.36. The Morgan fingerprint density at radius 2 is 1.97 bits per heavy atom. The standard InChI is InChI=1S/C23H29FN4O.HI/c1-4-25-23(27-17(2)19-10-11-22(29-3)21(24)15-19)26-16-18-8-7-9-20(14-18)28-12-5-6-13-28;/h5-11,14-15,17H,4,12-13,16H2,1-3H3,(H2,25,26,27);1H. The largest absolute Gasteiger partial charge is 0.494 e. The van der Waals surface area contributed by atoms with Crippen LogP contribution in [-0.4, -0.2) is 32.7 Å². The highest BCUT2D eigenvalue weighted by atomic mass is 127. The van der Waals surface area contributed by atoms with E-state index in [1.165, 1.54) is 18.9 Å². The van der Waals surface area contributed by atoms with Crippen molar-refractivity contribution >= 4 is 35.6 Å². The molecule has 0 amide bonds. The van der Waals surface area contributed by atoms with Crippen LogP contribution in [0, 0.1) is 5.82 Å². The first kappa shape index (κ1) is 24.0. The quantitative estimate of drug-likeness (QED) is 0.240. The zero-order valence-electron chi connectivity index (χ0n) is 17.7. The van der Waals surface area contributed by atoms with Gasteiger partial charge in [-0.25, -0.2) is 9.38 Å². The van der Waals surface area contributed by atoms with E-state index in [9.17, 15) is 4.39 Å². The van der Waals surface area contributed by atoms with E-state index in [1.54, 1.807) is 6.07 Å². The fourth-order valence-corrected chi connectivity index (χ4v) is 3.27. The van der Waals surface area contributed by atoms with Gasteiger partial charge in [0, 0.05) is 25.3 Å². The van der Waals surface area contributed by atoms with E-state index >= 15 is 0 Å². The van der Waals surface area contributed by atoms with E-state index in [1.807, 2.05) is 19.9 Å². The Balaban J connectivity index is 0.00000320. The van der Waals surface area contributed by atoms with Crippen molar-refractivity contribution in [3.63, 3.8) is 0 Å². The van der Waals surface area contributed by atoms with Gasteiger partial charge < -0.3 is 20.3 Å². The number of aliphatic imine (C=N–C) groups is 1. The number of rotatable bonds is 7. The summed E-state index contributed by atoms with van der Waals surface area (Å²) in [5, 5.41) is 6.61. The third-order valence-electron chi connectivity index (χ3n) is 4.89. The molecule has 0 fully saturated rings. The van der Waals surface area contributed by atoms with E-state index in [0.29, 0.717) is 12.5 Å². The number of nitrogens with one attached hydrogen (secondary N) is 2. The minimum atomic E-state index is -0.367. The molecule has 3 rings (SSSR count). The van der Waals surface area contributed by atoms with Gasteiger partial charge in [0.25, 0.3) is 0 Å². The van der Waals surface area contributed by atoms with Crippen molar-refractivity contribution in [3.05, 3.63) is 71.6 Å². The molecular formula is C23H30FIN4O. The van der Waals surface area contributed by atoms with Crippen LogP contribution in [0.3, 0.4) is 0 Å². The summed E-state index contributed by atoms with van der Waals surface area (Å²) in [6, 6.07) is 13.4. The highest BCUT2D eigenvalue weighted by Crippen LogP contribution is 2.22. The molecular weight excluding hydrogens is 494 g/mol. The number of anilines is 1.